The van der Waals surface area contributed by atoms with Crippen LogP contribution < -0.4 is 0 Å². The maximum Gasteiger partial charge on any atom is 0.243 e. The number of sulfonamides is 1. The van der Waals surface area contributed by atoms with Crippen molar-refractivity contribution in [2.45, 2.75) is 31.2 Å². The second kappa shape index (κ2) is 7.01. The Hall–Kier alpha value is -2.32. The molecule has 27 heavy (non-hydrogen) atoms. The van der Waals surface area contributed by atoms with Crippen molar-refractivity contribution < 1.29 is 12.8 Å². The number of aromatic nitrogens is 3. The lowest BCUT2D eigenvalue weighted by Crippen LogP contribution is -2.41. The second-order valence-electron chi connectivity index (χ2n) is 7.03. The molecular formula is C19H21FN4O2S. The van der Waals surface area contributed by atoms with E-state index in [4.69, 9.17) is 0 Å². The van der Waals surface area contributed by atoms with Gasteiger partial charge in [0.2, 0.25) is 10.0 Å². The van der Waals surface area contributed by atoms with Crippen molar-refractivity contribution in [2.75, 3.05) is 13.1 Å². The fourth-order valence-electron chi connectivity index (χ4n) is 3.59. The van der Waals surface area contributed by atoms with Gasteiger partial charge in [0.1, 0.15) is 11.3 Å². The minimum absolute atomic E-state index is 0.0148. The fraction of sp³-hybridized carbons (Fsp3) is 0.368. The molecule has 3 heterocycles. The maximum atomic E-state index is 13.9. The monoisotopic (exact) mass is 388 g/mol. The first kappa shape index (κ1) is 18.1. The van der Waals surface area contributed by atoms with E-state index in [2.05, 4.69) is 9.97 Å². The lowest BCUT2D eigenvalue weighted by Gasteiger charge is -2.32. The number of benzene rings is 1. The molecule has 1 fully saturated rings. The van der Waals surface area contributed by atoms with Crippen LogP contribution >= 0.6 is 0 Å². The normalized spacial score (nSPS) is 18.8. The lowest BCUT2D eigenvalue weighted by atomic mass is 10.00. The zero-order chi connectivity index (χ0) is 19.0. The molecule has 1 aromatic carbocycles. The molecule has 0 radical (unpaired) electrons. The molecule has 0 bridgehead atoms. The highest BCUT2D eigenvalue weighted by atomic mass is 32.2. The van der Waals surface area contributed by atoms with Crippen molar-refractivity contribution in [2.24, 2.45) is 5.92 Å². The summed E-state index contributed by atoms with van der Waals surface area (Å²) in [5, 5.41) is 0. The number of hydrogen-bond donors (Lipinski definition) is 0. The molecule has 0 aliphatic carbocycles. The topological polar surface area (TPSA) is 68.1 Å². The van der Waals surface area contributed by atoms with Gasteiger partial charge in [-0.25, -0.2) is 22.8 Å². The molecule has 1 saturated heterocycles. The minimum atomic E-state index is -3.70. The Balaban J connectivity index is 1.54. The molecule has 0 spiro atoms. The van der Waals surface area contributed by atoms with Crippen LogP contribution in [0.2, 0.25) is 0 Å². The Bertz CT molecular complexity index is 1080. The standard InChI is InChI=1S/C19H21FN4O2S/c1-14-6-7-16(10-17(14)20)27(25,26)24-9-3-4-15(12-24)11-23-13-22-18-5-2-8-21-19(18)23/h2,5-8,10,13,15H,3-4,9,11-12H2,1H3. The van der Waals surface area contributed by atoms with Crippen LogP contribution in [0.4, 0.5) is 4.39 Å². The predicted molar refractivity (Wildman–Crippen MR) is 100 cm³/mol. The van der Waals surface area contributed by atoms with Crippen molar-refractivity contribution in [3.8, 4) is 0 Å². The molecule has 1 unspecified atom stereocenters. The summed E-state index contributed by atoms with van der Waals surface area (Å²) in [4.78, 5) is 8.73. The van der Waals surface area contributed by atoms with Crippen molar-refractivity contribution >= 4 is 21.2 Å². The van der Waals surface area contributed by atoms with Crippen molar-refractivity contribution in [1.29, 1.82) is 0 Å². The number of rotatable bonds is 4. The van der Waals surface area contributed by atoms with Crippen molar-refractivity contribution in [3.63, 3.8) is 0 Å². The fourth-order valence-corrected chi connectivity index (χ4v) is 5.15. The third-order valence-corrected chi connectivity index (χ3v) is 6.95. The predicted octanol–water partition coefficient (Wildman–Crippen LogP) is 2.98. The van der Waals surface area contributed by atoms with Gasteiger partial charge in [0.05, 0.1) is 11.2 Å². The largest absolute Gasteiger partial charge is 0.315 e. The van der Waals surface area contributed by atoms with E-state index in [1.165, 1.54) is 16.4 Å². The molecule has 6 nitrogen and oxygen atoms in total. The van der Waals surface area contributed by atoms with E-state index in [9.17, 15) is 12.8 Å². The zero-order valence-corrected chi connectivity index (χ0v) is 15.9. The molecule has 1 atom stereocenters. The maximum absolute atomic E-state index is 13.9. The Kier molecular flexibility index (Phi) is 4.69. The van der Waals surface area contributed by atoms with Gasteiger partial charge in [-0.15, -0.1) is 0 Å². The van der Waals surface area contributed by atoms with Crippen LogP contribution in [0, 0.1) is 18.7 Å². The number of fused-ring (bicyclic) bond motifs is 1. The van der Waals surface area contributed by atoms with E-state index in [1.54, 1.807) is 19.4 Å². The van der Waals surface area contributed by atoms with E-state index in [0.29, 0.717) is 25.2 Å². The molecule has 0 amide bonds. The highest BCUT2D eigenvalue weighted by Crippen LogP contribution is 2.26. The van der Waals surface area contributed by atoms with Crippen LogP contribution in [0.15, 0.2) is 47.8 Å². The summed E-state index contributed by atoms with van der Waals surface area (Å²) in [5.41, 5.74) is 2.07. The summed E-state index contributed by atoms with van der Waals surface area (Å²) in [6.45, 7) is 3.13. The van der Waals surface area contributed by atoms with Gasteiger partial charge in [0.15, 0.2) is 5.65 Å². The molecule has 8 heteroatoms. The molecule has 3 aromatic rings. The van der Waals surface area contributed by atoms with Crippen LogP contribution in [0.25, 0.3) is 11.2 Å². The molecule has 1 aliphatic heterocycles. The number of piperidine rings is 1. The summed E-state index contributed by atoms with van der Waals surface area (Å²) in [5.74, 6) is -0.344. The summed E-state index contributed by atoms with van der Waals surface area (Å²) in [6.07, 6.45) is 5.18. The van der Waals surface area contributed by atoms with Gasteiger partial charge in [0.25, 0.3) is 0 Å². The number of hydrogen-bond acceptors (Lipinski definition) is 4. The number of pyridine rings is 1. The molecule has 2 aromatic heterocycles. The van der Waals surface area contributed by atoms with E-state index in [1.807, 2.05) is 16.7 Å². The van der Waals surface area contributed by atoms with E-state index >= 15 is 0 Å². The van der Waals surface area contributed by atoms with E-state index < -0.39 is 15.8 Å². The second-order valence-corrected chi connectivity index (χ2v) is 8.96. The van der Waals surface area contributed by atoms with Gasteiger partial charge < -0.3 is 4.57 Å². The summed E-state index contributed by atoms with van der Waals surface area (Å²) >= 11 is 0. The van der Waals surface area contributed by atoms with E-state index in [0.717, 1.165) is 30.1 Å². The highest BCUT2D eigenvalue weighted by molar-refractivity contribution is 7.89. The first-order valence-electron chi connectivity index (χ1n) is 8.97. The van der Waals surface area contributed by atoms with Crippen LogP contribution in [-0.4, -0.2) is 40.3 Å². The molecule has 0 saturated carbocycles. The van der Waals surface area contributed by atoms with Crippen LogP contribution in [0.5, 0.6) is 0 Å². The third kappa shape index (κ3) is 3.46. The SMILES string of the molecule is Cc1ccc(S(=O)(=O)N2CCCC(Cn3cnc4cccnc43)C2)cc1F. The van der Waals surface area contributed by atoms with Gasteiger partial charge in [-0.2, -0.15) is 4.31 Å². The quantitative estimate of drug-likeness (QED) is 0.689. The molecule has 0 N–H and O–H groups in total. The van der Waals surface area contributed by atoms with Gasteiger partial charge in [-0.3, -0.25) is 0 Å². The van der Waals surface area contributed by atoms with Crippen LogP contribution in [-0.2, 0) is 16.6 Å². The van der Waals surface area contributed by atoms with Gasteiger partial charge in [-0.1, -0.05) is 6.07 Å². The van der Waals surface area contributed by atoms with Gasteiger partial charge in [0, 0.05) is 25.8 Å². The smallest absolute Gasteiger partial charge is 0.243 e. The van der Waals surface area contributed by atoms with Crippen molar-refractivity contribution in [3.05, 3.63) is 54.2 Å². The van der Waals surface area contributed by atoms with Gasteiger partial charge >= 0.3 is 0 Å². The number of aryl methyl sites for hydroxylation is 1. The Morgan fingerprint density at radius 3 is 2.93 bits per heavy atom. The number of nitrogens with zero attached hydrogens (tertiary/aromatic N) is 4. The summed E-state index contributed by atoms with van der Waals surface area (Å²) in [6, 6.07) is 7.84. The van der Waals surface area contributed by atoms with E-state index in [-0.39, 0.29) is 10.8 Å². The summed E-state index contributed by atoms with van der Waals surface area (Å²) in [7, 11) is -3.70. The Labute approximate surface area is 157 Å². The first-order chi connectivity index (χ1) is 12.9. The number of imidazole rings is 1. The highest BCUT2D eigenvalue weighted by Gasteiger charge is 2.31. The average Bonchev–Trinajstić information content (AvgIpc) is 3.07. The van der Waals surface area contributed by atoms with Crippen LogP contribution in [0.1, 0.15) is 18.4 Å². The molecule has 4 rings (SSSR count). The molecule has 1 aliphatic rings. The Morgan fingerprint density at radius 1 is 1.26 bits per heavy atom. The van der Waals surface area contributed by atoms with Crippen molar-refractivity contribution in [1.82, 2.24) is 18.8 Å². The number of halogens is 1. The Morgan fingerprint density at radius 2 is 2.11 bits per heavy atom. The minimum Gasteiger partial charge on any atom is -0.315 e. The first-order valence-corrected chi connectivity index (χ1v) is 10.4. The lowest BCUT2D eigenvalue weighted by molar-refractivity contribution is 0.246. The van der Waals surface area contributed by atoms with Crippen LogP contribution in [0.3, 0.4) is 0 Å². The molecular weight excluding hydrogens is 367 g/mol. The average molecular weight is 388 g/mol. The zero-order valence-electron chi connectivity index (χ0n) is 15.0. The molecule has 142 valence electrons. The third-order valence-electron chi connectivity index (χ3n) is 5.09. The summed E-state index contributed by atoms with van der Waals surface area (Å²) < 4.78 is 43.2. The van der Waals surface area contributed by atoms with Gasteiger partial charge in [-0.05, 0) is 55.5 Å².